The molecule has 0 radical (unpaired) electrons. The normalized spacial score (nSPS) is 15.8. The highest BCUT2D eigenvalue weighted by Crippen LogP contribution is 2.39. The molecule has 2 aliphatic rings. The Labute approximate surface area is 193 Å². The lowest BCUT2D eigenvalue weighted by atomic mass is 9.89. The number of rotatable bonds is 2. The first-order chi connectivity index (χ1) is 15.7. The number of aromatic nitrogens is 2. The molecule has 2 aromatic heterocycles. The average Bonchev–Trinajstić information content (AvgIpc) is 3.16. The van der Waals surface area contributed by atoms with Gasteiger partial charge in [-0.15, -0.1) is 0 Å². The molecule has 0 spiro atoms. The van der Waals surface area contributed by atoms with E-state index in [1.807, 2.05) is 26.8 Å². The van der Waals surface area contributed by atoms with Crippen LogP contribution >= 0.6 is 0 Å². The topological polar surface area (TPSA) is 101 Å². The number of pyridine rings is 1. The van der Waals surface area contributed by atoms with Gasteiger partial charge in [0, 0.05) is 35.9 Å². The molecule has 0 saturated carbocycles. The van der Waals surface area contributed by atoms with Crippen LogP contribution in [-0.2, 0) is 30.5 Å². The number of amides is 2. The molecule has 2 amide bonds. The molecule has 7 nitrogen and oxygen atoms in total. The molecule has 3 heterocycles. The number of carbonyl (C=O) groups excluding carboxylic acids is 2. The van der Waals surface area contributed by atoms with E-state index in [-0.39, 0.29) is 6.09 Å². The number of nitrogens with zero attached hydrogens (tertiary/aromatic N) is 2. The molecule has 172 valence electrons. The van der Waals surface area contributed by atoms with Crippen molar-refractivity contribution in [3.8, 4) is 11.3 Å². The molecule has 1 aromatic carbocycles. The number of benzene rings is 1. The molecule has 0 atom stereocenters. The fourth-order valence-electron chi connectivity index (χ4n) is 5.11. The molecule has 0 fully saturated rings. The minimum atomic E-state index is -0.524. The summed E-state index contributed by atoms with van der Waals surface area (Å²) in [7, 11) is 0. The van der Waals surface area contributed by atoms with Crippen molar-refractivity contribution in [2.75, 3.05) is 6.54 Å². The summed E-state index contributed by atoms with van der Waals surface area (Å²) in [5.41, 5.74) is 13.1. The predicted molar refractivity (Wildman–Crippen MR) is 127 cm³/mol. The molecule has 3 N–H and O–H groups in total. The Balaban J connectivity index is 1.60. The van der Waals surface area contributed by atoms with Gasteiger partial charge in [0.15, 0.2) is 0 Å². The SMILES string of the molecule is CC(C)(C)OC(=O)N1CCc2c(cccc2-c2ncc(C(N)=O)c3[nH]c4c(c23)CCCC4)C1. The lowest BCUT2D eigenvalue weighted by Gasteiger charge is -2.32. The average molecular weight is 447 g/mol. The number of aromatic amines is 1. The van der Waals surface area contributed by atoms with Gasteiger partial charge < -0.3 is 20.4 Å². The van der Waals surface area contributed by atoms with Gasteiger partial charge in [0.05, 0.1) is 16.8 Å². The fraction of sp³-hybridized carbons (Fsp3) is 0.423. The van der Waals surface area contributed by atoms with E-state index in [9.17, 15) is 9.59 Å². The molecular weight excluding hydrogens is 416 g/mol. The van der Waals surface area contributed by atoms with Crippen molar-refractivity contribution in [3.05, 3.63) is 52.3 Å². The highest BCUT2D eigenvalue weighted by atomic mass is 16.6. The first kappa shape index (κ1) is 21.5. The van der Waals surface area contributed by atoms with Gasteiger partial charge in [0.2, 0.25) is 0 Å². The summed E-state index contributed by atoms with van der Waals surface area (Å²) in [5.74, 6) is -0.472. The van der Waals surface area contributed by atoms with Gasteiger partial charge in [-0.1, -0.05) is 18.2 Å². The number of fused-ring (bicyclic) bond motifs is 4. The number of ether oxygens (including phenoxy) is 1. The number of primary amides is 1. The Morgan fingerprint density at radius 2 is 1.91 bits per heavy atom. The maximum Gasteiger partial charge on any atom is 0.410 e. The number of hydrogen-bond donors (Lipinski definition) is 2. The van der Waals surface area contributed by atoms with Crippen molar-refractivity contribution in [3.63, 3.8) is 0 Å². The van der Waals surface area contributed by atoms with Gasteiger partial charge in [-0.25, -0.2) is 4.79 Å². The second-order valence-corrected chi connectivity index (χ2v) is 10.0. The zero-order valence-electron chi connectivity index (χ0n) is 19.5. The van der Waals surface area contributed by atoms with Crippen molar-refractivity contribution < 1.29 is 14.3 Å². The molecule has 0 unspecified atom stereocenters. The third-order valence-electron chi connectivity index (χ3n) is 6.56. The number of hydrogen-bond acceptors (Lipinski definition) is 4. The molecule has 3 aromatic rings. The number of aryl methyl sites for hydroxylation is 2. The Morgan fingerprint density at radius 1 is 1.12 bits per heavy atom. The minimum Gasteiger partial charge on any atom is -0.444 e. The van der Waals surface area contributed by atoms with Crippen LogP contribution in [0, 0.1) is 0 Å². The third-order valence-corrected chi connectivity index (χ3v) is 6.56. The minimum absolute atomic E-state index is 0.287. The van der Waals surface area contributed by atoms with Crippen molar-refractivity contribution >= 4 is 22.9 Å². The van der Waals surface area contributed by atoms with E-state index in [0.717, 1.165) is 59.8 Å². The fourth-order valence-corrected chi connectivity index (χ4v) is 5.11. The van der Waals surface area contributed by atoms with Gasteiger partial charge >= 0.3 is 6.09 Å². The zero-order chi connectivity index (χ0) is 23.3. The van der Waals surface area contributed by atoms with Crippen LogP contribution in [0.2, 0.25) is 0 Å². The van der Waals surface area contributed by atoms with Crippen LogP contribution in [0.5, 0.6) is 0 Å². The summed E-state index contributed by atoms with van der Waals surface area (Å²) in [5, 5.41) is 1.02. The molecule has 33 heavy (non-hydrogen) atoms. The van der Waals surface area contributed by atoms with E-state index >= 15 is 0 Å². The third kappa shape index (κ3) is 3.86. The Hall–Kier alpha value is -3.35. The Kier molecular flexibility index (Phi) is 5.15. The van der Waals surface area contributed by atoms with E-state index in [4.69, 9.17) is 15.5 Å². The van der Waals surface area contributed by atoms with Gasteiger partial charge in [-0.3, -0.25) is 9.78 Å². The van der Waals surface area contributed by atoms with Crippen molar-refractivity contribution in [2.24, 2.45) is 5.73 Å². The monoisotopic (exact) mass is 446 g/mol. The quantitative estimate of drug-likeness (QED) is 0.605. The van der Waals surface area contributed by atoms with Gasteiger partial charge in [-0.05, 0) is 69.6 Å². The molecule has 5 rings (SSSR count). The predicted octanol–water partition coefficient (Wildman–Crippen LogP) is 4.50. The molecule has 7 heteroatoms. The smallest absolute Gasteiger partial charge is 0.410 e. The summed E-state index contributed by atoms with van der Waals surface area (Å²) >= 11 is 0. The van der Waals surface area contributed by atoms with E-state index in [1.54, 1.807) is 11.1 Å². The van der Waals surface area contributed by atoms with Crippen molar-refractivity contribution in [2.45, 2.75) is 65.0 Å². The lowest BCUT2D eigenvalue weighted by molar-refractivity contribution is 0.0224. The molecule has 1 aliphatic carbocycles. The van der Waals surface area contributed by atoms with Crippen molar-refractivity contribution in [1.82, 2.24) is 14.9 Å². The number of nitrogens with one attached hydrogen (secondary N) is 1. The summed E-state index contributed by atoms with van der Waals surface area (Å²) in [6.45, 7) is 6.74. The highest BCUT2D eigenvalue weighted by Gasteiger charge is 2.29. The first-order valence-electron chi connectivity index (χ1n) is 11.6. The van der Waals surface area contributed by atoms with E-state index < -0.39 is 11.5 Å². The zero-order valence-corrected chi connectivity index (χ0v) is 19.5. The van der Waals surface area contributed by atoms with Crippen LogP contribution in [-0.4, -0.2) is 39.0 Å². The van der Waals surface area contributed by atoms with Crippen LogP contribution in [0.15, 0.2) is 24.4 Å². The maximum atomic E-state index is 12.6. The summed E-state index contributed by atoms with van der Waals surface area (Å²) in [6, 6.07) is 6.17. The second kappa shape index (κ2) is 7.90. The summed E-state index contributed by atoms with van der Waals surface area (Å²) in [4.78, 5) is 34.8. The number of H-pyrrole nitrogens is 1. The first-order valence-corrected chi connectivity index (χ1v) is 11.6. The van der Waals surface area contributed by atoms with Crippen LogP contribution in [0.25, 0.3) is 22.2 Å². The Bertz CT molecular complexity index is 1270. The van der Waals surface area contributed by atoms with Crippen LogP contribution < -0.4 is 5.73 Å². The molecule has 0 saturated heterocycles. The standard InChI is InChI=1S/C26H30N4O3/c1-26(2,3)33-25(32)30-12-11-16-15(14-30)7-6-9-17(16)22-21-18-8-4-5-10-20(18)29-23(21)19(13-28-22)24(27)31/h6-7,9,13,29H,4-5,8,10-12,14H2,1-3H3,(H2,27,31). The largest absolute Gasteiger partial charge is 0.444 e. The van der Waals surface area contributed by atoms with Crippen LogP contribution in [0.3, 0.4) is 0 Å². The van der Waals surface area contributed by atoms with Crippen LogP contribution in [0.1, 0.15) is 66.4 Å². The maximum absolute atomic E-state index is 12.6. The van der Waals surface area contributed by atoms with Crippen LogP contribution in [0.4, 0.5) is 4.79 Å². The summed E-state index contributed by atoms with van der Waals surface area (Å²) < 4.78 is 5.58. The van der Waals surface area contributed by atoms with Gasteiger partial charge in [0.1, 0.15) is 5.60 Å². The molecular formula is C26H30N4O3. The Morgan fingerprint density at radius 3 is 2.67 bits per heavy atom. The summed E-state index contributed by atoms with van der Waals surface area (Å²) in [6.07, 6.45) is 6.22. The van der Waals surface area contributed by atoms with Gasteiger partial charge in [-0.2, -0.15) is 0 Å². The van der Waals surface area contributed by atoms with Crippen molar-refractivity contribution in [1.29, 1.82) is 0 Å². The number of nitrogens with two attached hydrogens (primary N) is 1. The number of carbonyl (C=O) groups is 2. The molecule has 0 bridgehead atoms. The van der Waals surface area contributed by atoms with E-state index in [2.05, 4.69) is 17.1 Å². The lowest BCUT2D eigenvalue weighted by Crippen LogP contribution is -2.40. The highest BCUT2D eigenvalue weighted by molar-refractivity contribution is 6.09. The molecule has 1 aliphatic heterocycles. The van der Waals surface area contributed by atoms with Gasteiger partial charge in [0.25, 0.3) is 5.91 Å². The van der Waals surface area contributed by atoms with E-state index in [0.29, 0.717) is 18.7 Å². The van der Waals surface area contributed by atoms with E-state index in [1.165, 1.54) is 16.8 Å². The second-order valence-electron chi connectivity index (χ2n) is 10.0.